The molecule has 0 atom stereocenters. The molecule has 0 unspecified atom stereocenters. The summed E-state index contributed by atoms with van der Waals surface area (Å²) in [6.07, 6.45) is 1.71. The standard InChI is InChI=1S/C36H45N5O6S/c1-35(2,3)46-33(44)39-25-14-12-24(13-15-25)38-32(43)29-16-21-10-11-22(31(37)40-34(45)47-36(4,5)6)17-28(21)41(29)19-23-8-7-9-30-27(23)18-26(20-42)48-30/h7-11,16-18,24-25,42H,12-15,19-20H2,1-6H3,(H,38,43)(H,39,44)(H2,37,40,45). The van der Waals surface area contributed by atoms with E-state index in [1.807, 2.05) is 61.7 Å². The minimum absolute atomic E-state index is 0.0163. The van der Waals surface area contributed by atoms with Gasteiger partial charge in [0.2, 0.25) is 0 Å². The van der Waals surface area contributed by atoms with Crippen LogP contribution in [-0.4, -0.2) is 56.9 Å². The van der Waals surface area contributed by atoms with E-state index in [0.29, 0.717) is 30.6 Å². The van der Waals surface area contributed by atoms with Crippen LogP contribution in [0.25, 0.3) is 21.0 Å². The van der Waals surface area contributed by atoms with Crippen LogP contribution in [0.4, 0.5) is 9.59 Å². The lowest BCUT2D eigenvalue weighted by Gasteiger charge is -2.30. The number of benzene rings is 2. The van der Waals surface area contributed by atoms with Crippen molar-refractivity contribution >= 4 is 56.3 Å². The maximum Gasteiger partial charge on any atom is 0.413 e. The van der Waals surface area contributed by atoms with Crippen LogP contribution in [0, 0.1) is 5.41 Å². The van der Waals surface area contributed by atoms with Crippen LogP contribution in [-0.2, 0) is 22.6 Å². The average Bonchev–Trinajstić information content (AvgIpc) is 3.58. The van der Waals surface area contributed by atoms with Crippen LogP contribution in [0.1, 0.15) is 93.7 Å². The summed E-state index contributed by atoms with van der Waals surface area (Å²) >= 11 is 1.53. The summed E-state index contributed by atoms with van der Waals surface area (Å²) in [6, 6.07) is 15.1. The van der Waals surface area contributed by atoms with Crippen molar-refractivity contribution in [1.82, 2.24) is 20.5 Å². The number of aliphatic hydroxyl groups is 1. The second kappa shape index (κ2) is 14.0. The molecule has 0 bridgehead atoms. The van der Waals surface area contributed by atoms with E-state index < -0.39 is 23.4 Å². The number of amidine groups is 1. The molecule has 1 fully saturated rings. The third-order valence-corrected chi connectivity index (χ3v) is 9.11. The van der Waals surface area contributed by atoms with Gasteiger partial charge in [0.1, 0.15) is 22.7 Å². The second-order valence-corrected chi connectivity index (χ2v) is 15.4. The molecule has 2 aromatic heterocycles. The minimum Gasteiger partial charge on any atom is -0.444 e. The number of aliphatic hydroxyl groups excluding tert-OH is 1. The fourth-order valence-corrected chi connectivity index (χ4v) is 6.89. The van der Waals surface area contributed by atoms with Crippen LogP contribution in [0.2, 0.25) is 0 Å². The molecule has 2 heterocycles. The molecule has 0 radical (unpaired) electrons. The lowest BCUT2D eigenvalue weighted by Crippen LogP contribution is -2.45. The Balaban J connectivity index is 1.40. The average molecular weight is 676 g/mol. The Hall–Kier alpha value is -4.42. The highest BCUT2D eigenvalue weighted by atomic mass is 32.1. The molecule has 256 valence electrons. The Morgan fingerprint density at radius 2 is 1.54 bits per heavy atom. The van der Waals surface area contributed by atoms with Crippen molar-refractivity contribution in [3.63, 3.8) is 0 Å². The quantitative estimate of drug-likeness (QED) is 0.107. The molecule has 3 amide bonds. The molecule has 0 saturated heterocycles. The predicted octanol–water partition coefficient (Wildman–Crippen LogP) is 6.81. The first-order valence-electron chi connectivity index (χ1n) is 16.2. The SMILES string of the molecule is CC(C)(C)OC(=O)NC(=N)c1ccc2cc(C(=O)NC3CCC(NC(=O)OC(C)(C)C)CC3)n(Cc3cccc4sc(CO)cc34)c2c1. The smallest absolute Gasteiger partial charge is 0.413 e. The minimum atomic E-state index is -0.720. The molecule has 0 aliphatic heterocycles. The molecule has 0 spiro atoms. The van der Waals surface area contributed by atoms with Crippen LogP contribution in [0.3, 0.4) is 0 Å². The Morgan fingerprint density at radius 1 is 0.896 bits per heavy atom. The first-order valence-corrected chi connectivity index (χ1v) is 17.0. The van der Waals surface area contributed by atoms with Gasteiger partial charge in [-0.15, -0.1) is 11.3 Å². The highest BCUT2D eigenvalue weighted by molar-refractivity contribution is 7.19. The molecule has 5 rings (SSSR count). The number of alkyl carbamates (subject to hydrolysis) is 2. The van der Waals surface area contributed by atoms with Gasteiger partial charge in [0.25, 0.3) is 5.91 Å². The van der Waals surface area contributed by atoms with Crippen LogP contribution >= 0.6 is 11.3 Å². The Morgan fingerprint density at radius 3 is 2.19 bits per heavy atom. The van der Waals surface area contributed by atoms with Crippen molar-refractivity contribution in [2.75, 3.05) is 0 Å². The summed E-state index contributed by atoms with van der Waals surface area (Å²) in [6.45, 7) is 11.1. The number of nitrogens with zero attached hydrogens (tertiary/aromatic N) is 1. The third kappa shape index (κ3) is 8.73. The van der Waals surface area contributed by atoms with Crippen molar-refractivity contribution in [3.8, 4) is 0 Å². The first kappa shape index (κ1) is 34.9. The number of ether oxygens (including phenoxy) is 2. The molecule has 2 aromatic carbocycles. The summed E-state index contributed by atoms with van der Waals surface area (Å²) in [7, 11) is 0. The lowest BCUT2D eigenvalue weighted by molar-refractivity contribution is 0.0486. The number of fused-ring (bicyclic) bond motifs is 2. The number of nitrogens with one attached hydrogen (secondary N) is 4. The number of aromatic nitrogens is 1. The van der Waals surface area contributed by atoms with Gasteiger partial charge in [-0.05, 0) is 102 Å². The summed E-state index contributed by atoms with van der Waals surface area (Å²) < 4.78 is 13.7. The zero-order chi connectivity index (χ0) is 34.8. The zero-order valence-corrected chi connectivity index (χ0v) is 29.2. The van der Waals surface area contributed by atoms with E-state index in [9.17, 15) is 19.5 Å². The molecule has 1 aliphatic rings. The molecule has 11 nitrogen and oxygen atoms in total. The van der Waals surface area contributed by atoms with Gasteiger partial charge in [-0.2, -0.15) is 0 Å². The summed E-state index contributed by atoms with van der Waals surface area (Å²) in [4.78, 5) is 39.5. The van der Waals surface area contributed by atoms with Gasteiger partial charge in [0.15, 0.2) is 0 Å². The van der Waals surface area contributed by atoms with Gasteiger partial charge in [-0.25, -0.2) is 9.59 Å². The van der Waals surface area contributed by atoms with Crippen LogP contribution in [0.5, 0.6) is 0 Å². The fraction of sp³-hybridized carbons (Fsp3) is 0.444. The molecule has 4 aromatic rings. The van der Waals surface area contributed by atoms with Crippen molar-refractivity contribution in [1.29, 1.82) is 5.41 Å². The third-order valence-electron chi connectivity index (χ3n) is 8.02. The number of carbonyl (C=O) groups excluding carboxylic acids is 3. The molecule has 1 saturated carbocycles. The van der Waals surface area contributed by atoms with Crippen molar-refractivity contribution < 1.29 is 29.0 Å². The molecular weight excluding hydrogens is 630 g/mol. The van der Waals surface area contributed by atoms with Crippen molar-refractivity contribution in [2.24, 2.45) is 0 Å². The van der Waals surface area contributed by atoms with E-state index in [0.717, 1.165) is 44.3 Å². The molecule has 12 heteroatoms. The van der Waals surface area contributed by atoms with Gasteiger partial charge in [-0.3, -0.25) is 15.5 Å². The van der Waals surface area contributed by atoms with Crippen molar-refractivity contribution in [3.05, 3.63) is 70.2 Å². The van der Waals surface area contributed by atoms with E-state index in [4.69, 9.17) is 14.9 Å². The van der Waals surface area contributed by atoms with Crippen LogP contribution in [0.15, 0.2) is 48.5 Å². The Kier molecular flexibility index (Phi) is 10.2. The highest BCUT2D eigenvalue weighted by Gasteiger charge is 2.27. The Bertz CT molecular complexity index is 1840. The van der Waals surface area contributed by atoms with Gasteiger partial charge in [0.05, 0.1) is 6.61 Å². The second-order valence-electron chi connectivity index (χ2n) is 14.3. The fourth-order valence-electron chi connectivity index (χ4n) is 5.92. The summed E-state index contributed by atoms with van der Waals surface area (Å²) in [5.41, 5.74) is 1.37. The maximum absolute atomic E-state index is 14.0. The van der Waals surface area contributed by atoms with Crippen LogP contribution < -0.4 is 16.0 Å². The zero-order valence-electron chi connectivity index (χ0n) is 28.4. The normalized spacial score (nSPS) is 16.8. The van der Waals surface area contributed by atoms with E-state index in [-0.39, 0.29) is 30.4 Å². The number of thiophene rings is 1. The highest BCUT2D eigenvalue weighted by Crippen LogP contribution is 2.31. The molecule has 48 heavy (non-hydrogen) atoms. The van der Waals surface area contributed by atoms with Gasteiger partial charge < -0.3 is 29.8 Å². The van der Waals surface area contributed by atoms with E-state index >= 15 is 0 Å². The summed E-state index contributed by atoms with van der Waals surface area (Å²) in [5, 5.41) is 28.8. The molecule has 1 aliphatic carbocycles. The van der Waals surface area contributed by atoms with E-state index in [1.54, 1.807) is 32.9 Å². The molecule has 5 N–H and O–H groups in total. The predicted molar refractivity (Wildman–Crippen MR) is 188 cm³/mol. The van der Waals surface area contributed by atoms with Crippen molar-refractivity contribution in [2.45, 2.75) is 104 Å². The number of amides is 3. The topological polar surface area (TPSA) is 155 Å². The van der Waals surface area contributed by atoms with E-state index in [1.165, 1.54) is 11.3 Å². The first-order chi connectivity index (χ1) is 22.6. The van der Waals surface area contributed by atoms with E-state index in [2.05, 4.69) is 16.0 Å². The lowest BCUT2D eigenvalue weighted by atomic mass is 9.91. The number of rotatable bonds is 7. The maximum atomic E-state index is 14.0. The Labute approximate surface area is 284 Å². The number of hydrogen-bond donors (Lipinski definition) is 5. The summed E-state index contributed by atoms with van der Waals surface area (Å²) in [5.74, 6) is -0.332. The molecular formula is C36H45N5O6S. The number of carbonyl (C=O) groups is 3. The largest absolute Gasteiger partial charge is 0.444 e. The van der Waals surface area contributed by atoms with Gasteiger partial charge in [0, 0.05) is 44.7 Å². The number of hydrogen-bond acceptors (Lipinski definition) is 8. The van der Waals surface area contributed by atoms with Gasteiger partial charge in [-0.1, -0.05) is 24.3 Å². The van der Waals surface area contributed by atoms with Gasteiger partial charge >= 0.3 is 12.2 Å². The monoisotopic (exact) mass is 675 g/mol.